The van der Waals surface area contributed by atoms with Crippen molar-refractivity contribution in [3.05, 3.63) is 29.8 Å². The van der Waals surface area contributed by atoms with Crippen molar-refractivity contribution in [3.63, 3.8) is 0 Å². The van der Waals surface area contributed by atoms with Gasteiger partial charge in [-0.25, -0.2) is 0 Å². The van der Waals surface area contributed by atoms with Gasteiger partial charge in [0, 0.05) is 0 Å². The summed E-state index contributed by atoms with van der Waals surface area (Å²) < 4.78 is 33.6. The molecule has 3 unspecified atom stereocenters. The number of aliphatic hydroxyl groups excluding tert-OH is 4. The van der Waals surface area contributed by atoms with Gasteiger partial charge in [0.05, 0.1) is 11.5 Å². The Hall–Kier alpha value is -1.07. The maximum atomic E-state index is 12.0. The predicted molar refractivity (Wildman–Crippen MR) is 73.2 cm³/mol. The molecule has 124 valence electrons. The highest BCUT2D eigenvalue weighted by Gasteiger charge is 2.43. The first-order chi connectivity index (χ1) is 10.2. The second kappa shape index (κ2) is 6.59. The fraction of sp³-hybridized carbons (Fsp3) is 0.538. The molecule has 4 N–H and O–H groups in total. The lowest BCUT2D eigenvalue weighted by Gasteiger charge is -2.37. The zero-order valence-corrected chi connectivity index (χ0v) is 12.5. The highest BCUT2D eigenvalue weighted by atomic mass is 32.2. The largest absolute Gasteiger partial charge is 0.387 e. The van der Waals surface area contributed by atoms with E-state index in [1.807, 2.05) is 0 Å². The number of ether oxygens (including phenoxy) is 1. The van der Waals surface area contributed by atoms with E-state index in [0.29, 0.717) is 0 Å². The van der Waals surface area contributed by atoms with E-state index < -0.39 is 47.4 Å². The van der Waals surface area contributed by atoms with Crippen LogP contribution in [0.15, 0.2) is 29.2 Å². The van der Waals surface area contributed by atoms with Crippen LogP contribution in [0.5, 0.6) is 0 Å². The van der Waals surface area contributed by atoms with E-state index in [9.17, 15) is 28.8 Å². The number of hydrogen-bond acceptors (Lipinski definition) is 8. The molecule has 9 heteroatoms. The van der Waals surface area contributed by atoms with Gasteiger partial charge in [0.2, 0.25) is 0 Å². The van der Waals surface area contributed by atoms with Crippen LogP contribution >= 0.6 is 0 Å². The summed E-state index contributed by atoms with van der Waals surface area (Å²) in [4.78, 5) is -0.0652. The van der Waals surface area contributed by atoms with E-state index >= 15 is 0 Å². The van der Waals surface area contributed by atoms with Crippen LogP contribution in [0.25, 0.3) is 0 Å². The minimum atomic E-state index is -4.07. The molecule has 22 heavy (non-hydrogen) atoms. The average molecular weight is 334 g/mol. The Labute approximate surface area is 127 Å². The lowest BCUT2D eigenvalue weighted by atomic mass is 10.00. The van der Waals surface area contributed by atoms with Gasteiger partial charge in [-0.05, 0) is 19.1 Å². The first kappa shape index (κ1) is 17.3. The third-order valence-corrected chi connectivity index (χ3v) is 4.68. The minimum absolute atomic E-state index is 0.0652. The molecule has 1 aromatic rings. The van der Waals surface area contributed by atoms with Crippen LogP contribution in [0, 0.1) is 6.92 Å². The number of benzene rings is 1. The Bertz CT molecular complexity index is 599. The Morgan fingerprint density at radius 1 is 1.05 bits per heavy atom. The topological polar surface area (TPSA) is 134 Å². The van der Waals surface area contributed by atoms with Gasteiger partial charge < -0.3 is 25.2 Å². The number of aryl methyl sites for hydroxylation is 1. The average Bonchev–Trinajstić information content (AvgIpc) is 2.48. The minimum Gasteiger partial charge on any atom is -0.387 e. The quantitative estimate of drug-likeness (QED) is 0.489. The molecule has 2 rings (SSSR count). The van der Waals surface area contributed by atoms with Crippen molar-refractivity contribution < 1.29 is 37.8 Å². The van der Waals surface area contributed by atoms with Crippen molar-refractivity contribution in [2.45, 2.75) is 42.5 Å². The molecule has 0 spiro atoms. The summed E-state index contributed by atoms with van der Waals surface area (Å²) in [6, 6.07) is 5.95. The Morgan fingerprint density at radius 2 is 1.64 bits per heavy atom. The van der Waals surface area contributed by atoms with Crippen molar-refractivity contribution in [1.82, 2.24) is 0 Å². The smallest absolute Gasteiger partial charge is 0.297 e. The second-order valence-electron chi connectivity index (χ2n) is 5.09. The fourth-order valence-corrected chi connectivity index (χ4v) is 2.92. The lowest BCUT2D eigenvalue weighted by Crippen LogP contribution is -2.58. The third-order valence-electron chi connectivity index (χ3n) is 3.38. The van der Waals surface area contributed by atoms with Crippen molar-refractivity contribution in [3.8, 4) is 0 Å². The van der Waals surface area contributed by atoms with Crippen LogP contribution in [0.2, 0.25) is 0 Å². The van der Waals surface area contributed by atoms with Crippen molar-refractivity contribution in [2.24, 2.45) is 0 Å². The van der Waals surface area contributed by atoms with E-state index in [1.54, 1.807) is 19.1 Å². The summed E-state index contributed by atoms with van der Waals surface area (Å²) in [5.41, 5.74) is 0.880. The highest BCUT2D eigenvalue weighted by molar-refractivity contribution is 7.86. The van der Waals surface area contributed by atoms with E-state index in [1.165, 1.54) is 12.1 Å². The van der Waals surface area contributed by atoms with Gasteiger partial charge >= 0.3 is 0 Å². The van der Waals surface area contributed by atoms with Gasteiger partial charge in [-0.2, -0.15) is 8.42 Å². The molecular weight excluding hydrogens is 316 g/mol. The normalized spacial score (nSPS) is 32.9. The van der Waals surface area contributed by atoms with Crippen LogP contribution in [-0.2, 0) is 19.0 Å². The molecule has 1 saturated heterocycles. The Balaban J connectivity index is 2.04. The fourth-order valence-electron chi connectivity index (χ4n) is 2.00. The van der Waals surface area contributed by atoms with Gasteiger partial charge in [-0.1, -0.05) is 17.7 Å². The summed E-state index contributed by atoms with van der Waals surface area (Å²) in [6.45, 7) is 1.19. The SMILES string of the molecule is Cc1ccc(S(=O)(=O)OCC2OC(O)[C@H](O)C(O)[C@H]2O)cc1. The Kier molecular flexibility index (Phi) is 5.17. The van der Waals surface area contributed by atoms with E-state index in [2.05, 4.69) is 0 Å². The van der Waals surface area contributed by atoms with E-state index in [-0.39, 0.29) is 4.90 Å². The summed E-state index contributed by atoms with van der Waals surface area (Å²) >= 11 is 0. The van der Waals surface area contributed by atoms with E-state index in [4.69, 9.17) is 8.92 Å². The monoisotopic (exact) mass is 334 g/mol. The molecule has 0 radical (unpaired) electrons. The van der Waals surface area contributed by atoms with Crippen molar-refractivity contribution in [1.29, 1.82) is 0 Å². The number of aliphatic hydroxyl groups is 4. The van der Waals surface area contributed by atoms with Crippen molar-refractivity contribution in [2.75, 3.05) is 6.61 Å². The van der Waals surface area contributed by atoms with Gasteiger partial charge in [0.1, 0.15) is 24.4 Å². The zero-order chi connectivity index (χ0) is 16.5. The highest BCUT2D eigenvalue weighted by Crippen LogP contribution is 2.21. The molecule has 1 fully saturated rings. The van der Waals surface area contributed by atoms with Crippen LogP contribution < -0.4 is 0 Å². The molecule has 1 aliphatic heterocycles. The zero-order valence-electron chi connectivity index (χ0n) is 11.7. The van der Waals surface area contributed by atoms with Crippen LogP contribution in [-0.4, -0.2) is 66.2 Å². The molecule has 1 aliphatic rings. The maximum absolute atomic E-state index is 12.0. The summed E-state index contributed by atoms with van der Waals surface area (Å²) in [6.07, 6.45) is -7.98. The molecule has 0 aromatic heterocycles. The maximum Gasteiger partial charge on any atom is 0.297 e. The molecule has 0 amide bonds. The van der Waals surface area contributed by atoms with Gasteiger partial charge in [-0.3, -0.25) is 4.18 Å². The second-order valence-corrected chi connectivity index (χ2v) is 6.70. The molecule has 1 aromatic carbocycles. The molecule has 1 heterocycles. The van der Waals surface area contributed by atoms with Gasteiger partial charge in [0.15, 0.2) is 6.29 Å². The summed E-state index contributed by atoms with van der Waals surface area (Å²) in [5, 5.41) is 37.9. The first-order valence-electron chi connectivity index (χ1n) is 6.56. The number of rotatable bonds is 4. The van der Waals surface area contributed by atoms with Crippen LogP contribution in [0.1, 0.15) is 5.56 Å². The Morgan fingerprint density at radius 3 is 2.23 bits per heavy atom. The van der Waals surface area contributed by atoms with Gasteiger partial charge in [0.25, 0.3) is 10.1 Å². The van der Waals surface area contributed by atoms with Crippen LogP contribution in [0.3, 0.4) is 0 Å². The van der Waals surface area contributed by atoms with Crippen molar-refractivity contribution >= 4 is 10.1 Å². The molecule has 0 saturated carbocycles. The van der Waals surface area contributed by atoms with Gasteiger partial charge in [-0.15, -0.1) is 0 Å². The summed E-state index contributed by atoms with van der Waals surface area (Å²) in [5.74, 6) is 0. The predicted octanol–water partition coefficient (Wildman–Crippen LogP) is -1.50. The first-order valence-corrected chi connectivity index (χ1v) is 7.97. The standard InChI is InChI=1S/C13H18O8S/c1-7-2-4-8(5-3-7)22(18,19)20-6-9-10(14)11(15)12(16)13(17)21-9/h2-5,9-17H,6H2,1H3/t9?,10-,11?,12+,13?/m0/s1. The number of hydrogen-bond donors (Lipinski definition) is 4. The third kappa shape index (κ3) is 3.63. The molecule has 0 bridgehead atoms. The molecular formula is C13H18O8S. The van der Waals surface area contributed by atoms with E-state index in [0.717, 1.165) is 5.56 Å². The summed E-state index contributed by atoms with van der Waals surface area (Å²) in [7, 11) is -4.07. The molecule has 5 atom stereocenters. The molecule has 8 nitrogen and oxygen atoms in total. The van der Waals surface area contributed by atoms with Crippen LogP contribution in [0.4, 0.5) is 0 Å². The molecule has 0 aliphatic carbocycles. The lowest BCUT2D eigenvalue weighted by molar-refractivity contribution is -0.285.